The lowest BCUT2D eigenvalue weighted by molar-refractivity contribution is -0.152. The highest BCUT2D eigenvalue weighted by Crippen LogP contribution is 2.29. The molecule has 0 aromatic carbocycles. The van der Waals surface area contributed by atoms with Crippen molar-refractivity contribution in [2.45, 2.75) is 19.3 Å². The molecular weight excluding hydrogens is 170 g/mol. The summed E-state index contributed by atoms with van der Waals surface area (Å²) in [6, 6.07) is 0. The molecular formula is C9H9NO3. The second-order valence-corrected chi connectivity index (χ2v) is 3.31. The van der Waals surface area contributed by atoms with Crippen molar-refractivity contribution in [1.29, 1.82) is 0 Å². The SMILES string of the molecule is O=C1C=CC(=O)N1C(=O)C1CCC1. The molecule has 68 valence electrons. The van der Waals surface area contributed by atoms with Crippen LogP contribution in [0, 0.1) is 5.92 Å². The van der Waals surface area contributed by atoms with Gasteiger partial charge in [-0.3, -0.25) is 14.4 Å². The minimum Gasteiger partial charge on any atom is -0.274 e. The van der Waals surface area contributed by atoms with Crippen LogP contribution in [0.1, 0.15) is 19.3 Å². The van der Waals surface area contributed by atoms with Crippen molar-refractivity contribution >= 4 is 17.7 Å². The molecule has 0 bridgehead atoms. The summed E-state index contributed by atoms with van der Waals surface area (Å²) in [5, 5.41) is 0. The van der Waals surface area contributed by atoms with Gasteiger partial charge >= 0.3 is 0 Å². The zero-order valence-corrected chi connectivity index (χ0v) is 7.03. The van der Waals surface area contributed by atoms with Crippen molar-refractivity contribution in [3.05, 3.63) is 12.2 Å². The van der Waals surface area contributed by atoms with E-state index < -0.39 is 11.8 Å². The molecule has 2 aliphatic rings. The smallest absolute Gasteiger partial charge is 0.260 e. The Bertz CT molecular complexity index is 297. The molecule has 1 heterocycles. The first-order valence-electron chi connectivity index (χ1n) is 4.30. The number of rotatable bonds is 1. The minimum absolute atomic E-state index is 0.104. The zero-order chi connectivity index (χ0) is 9.42. The Kier molecular flexibility index (Phi) is 1.76. The fraction of sp³-hybridized carbons (Fsp3) is 0.444. The summed E-state index contributed by atoms with van der Waals surface area (Å²) in [5.41, 5.74) is 0. The Morgan fingerprint density at radius 2 is 1.77 bits per heavy atom. The lowest BCUT2D eigenvalue weighted by atomic mass is 9.84. The molecule has 0 spiro atoms. The highest BCUT2D eigenvalue weighted by molar-refractivity contribution is 6.23. The Morgan fingerprint density at radius 1 is 1.23 bits per heavy atom. The molecule has 13 heavy (non-hydrogen) atoms. The third-order valence-corrected chi connectivity index (χ3v) is 2.48. The summed E-state index contributed by atoms with van der Waals surface area (Å²) in [6.45, 7) is 0. The van der Waals surface area contributed by atoms with Gasteiger partial charge < -0.3 is 0 Å². The maximum Gasteiger partial charge on any atom is 0.260 e. The number of imide groups is 3. The molecule has 0 atom stereocenters. The predicted octanol–water partition coefficient (Wildman–Crippen LogP) is 0.238. The van der Waals surface area contributed by atoms with Crippen LogP contribution in [0.3, 0.4) is 0 Å². The van der Waals surface area contributed by atoms with E-state index in [1.807, 2.05) is 0 Å². The zero-order valence-electron chi connectivity index (χ0n) is 7.03. The van der Waals surface area contributed by atoms with Crippen LogP contribution in [0.2, 0.25) is 0 Å². The van der Waals surface area contributed by atoms with Crippen molar-refractivity contribution in [2.75, 3.05) is 0 Å². The number of carbonyl (C=O) groups excluding carboxylic acids is 3. The van der Waals surface area contributed by atoms with Gasteiger partial charge in [-0.1, -0.05) is 6.42 Å². The second kappa shape index (κ2) is 2.80. The maximum atomic E-state index is 11.5. The van der Waals surface area contributed by atoms with Crippen LogP contribution in [0.5, 0.6) is 0 Å². The van der Waals surface area contributed by atoms with Crippen molar-refractivity contribution in [3.63, 3.8) is 0 Å². The van der Waals surface area contributed by atoms with Crippen LogP contribution in [0.4, 0.5) is 0 Å². The molecule has 0 aromatic heterocycles. The standard InChI is InChI=1S/C9H9NO3/c11-7-4-5-8(12)10(7)9(13)6-2-1-3-6/h4-6H,1-3H2. The molecule has 0 unspecified atom stereocenters. The summed E-state index contributed by atoms with van der Waals surface area (Å²) < 4.78 is 0. The van der Waals surface area contributed by atoms with Gasteiger partial charge in [-0.2, -0.15) is 0 Å². The number of carbonyl (C=O) groups is 3. The molecule has 4 heteroatoms. The van der Waals surface area contributed by atoms with E-state index in [0.29, 0.717) is 0 Å². The summed E-state index contributed by atoms with van der Waals surface area (Å²) in [4.78, 5) is 34.4. The van der Waals surface area contributed by atoms with Gasteiger partial charge in [0.2, 0.25) is 5.91 Å². The maximum absolute atomic E-state index is 11.5. The second-order valence-electron chi connectivity index (χ2n) is 3.31. The van der Waals surface area contributed by atoms with Gasteiger partial charge in [0.15, 0.2) is 0 Å². The van der Waals surface area contributed by atoms with E-state index in [9.17, 15) is 14.4 Å². The first kappa shape index (κ1) is 8.16. The van der Waals surface area contributed by atoms with Gasteiger partial charge in [0.1, 0.15) is 0 Å². The monoisotopic (exact) mass is 179 g/mol. The largest absolute Gasteiger partial charge is 0.274 e. The van der Waals surface area contributed by atoms with Gasteiger partial charge in [0.05, 0.1) is 0 Å². The topological polar surface area (TPSA) is 54.5 Å². The van der Waals surface area contributed by atoms with E-state index in [-0.39, 0.29) is 11.8 Å². The van der Waals surface area contributed by atoms with Crippen molar-refractivity contribution in [2.24, 2.45) is 5.92 Å². The van der Waals surface area contributed by atoms with Crippen molar-refractivity contribution in [3.8, 4) is 0 Å². The van der Waals surface area contributed by atoms with E-state index in [1.165, 1.54) is 0 Å². The first-order chi connectivity index (χ1) is 6.20. The summed E-state index contributed by atoms with van der Waals surface area (Å²) in [5.74, 6) is -1.43. The third kappa shape index (κ3) is 1.18. The van der Waals surface area contributed by atoms with E-state index in [2.05, 4.69) is 0 Å². The van der Waals surface area contributed by atoms with E-state index in [4.69, 9.17) is 0 Å². The Balaban J connectivity index is 2.11. The van der Waals surface area contributed by atoms with E-state index in [0.717, 1.165) is 36.3 Å². The van der Waals surface area contributed by atoms with Gasteiger partial charge in [-0.05, 0) is 12.8 Å². The number of nitrogens with zero attached hydrogens (tertiary/aromatic N) is 1. The summed E-state index contributed by atoms with van der Waals surface area (Å²) >= 11 is 0. The molecule has 0 N–H and O–H groups in total. The average molecular weight is 179 g/mol. The molecule has 0 saturated heterocycles. The van der Waals surface area contributed by atoms with Gasteiger partial charge in [-0.15, -0.1) is 0 Å². The molecule has 3 amide bonds. The lowest BCUT2D eigenvalue weighted by Crippen LogP contribution is -2.42. The third-order valence-electron chi connectivity index (χ3n) is 2.48. The lowest BCUT2D eigenvalue weighted by Gasteiger charge is -2.26. The quantitative estimate of drug-likeness (QED) is 0.542. The van der Waals surface area contributed by atoms with E-state index >= 15 is 0 Å². The van der Waals surface area contributed by atoms with Crippen LogP contribution in [-0.4, -0.2) is 22.6 Å². The number of hydrogen-bond donors (Lipinski definition) is 0. The van der Waals surface area contributed by atoms with Crippen molar-refractivity contribution < 1.29 is 14.4 Å². The molecule has 1 saturated carbocycles. The molecule has 1 aliphatic carbocycles. The molecule has 0 aromatic rings. The normalized spacial score (nSPS) is 22.3. The molecule has 1 fully saturated rings. The van der Waals surface area contributed by atoms with Crippen molar-refractivity contribution in [1.82, 2.24) is 4.90 Å². The molecule has 4 nitrogen and oxygen atoms in total. The van der Waals surface area contributed by atoms with Crippen LogP contribution in [0.25, 0.3) is 0 Å². The summed E-state index contributed by atoms with van der Waals surface area (Å²) in [6.07, 6.45) is 4.89. The fourth-order valence-corrected chi connectivity index (χ4v) is 1.46. The minimum atomic E-state index is -0.498. The fourth-order valence-electron chi connectivity index (χ4n) is 1.46. The summed E-state index contributed by atoms with van der Waals surface area (Å²) in [7, 11) is 0. The number of hydrogen-bond acceptors (Lipinski definition) is 3. The van der Waals surface area contributed by atoms with Gasteiger partial charge in [0.25, 0.3) is 11.8 Å². The van der Waals surface area contributed by atoms with Crippen LogP contribution in [0.15, 0.2) is 12.2 Å². The van der Waals surface area contributed by atoms with Gasteiger partial charge in [-0.25, -0.2) is 4.90 Å². The van der Waals surface area contributed by atoms with Gasteiger partial charge in [0, 0.05) is 18.1 Å². The Labute approximate surface area is 75.2 Å². The molecule has 2 rings (SSSR count). The Morgan fingerprint density at radius 3 is 2.15 bits per heavy atom. The highest BCUT2D eigenvalue weighted by Gasteiger charge is 2.37. The first-order valence-corrected chi connectivity index (χ1v) is 4.30. The highest BCUT2D eigenvalue weighted by atomic mass is 16.2. The van der Waals surface area contributed by atoms with E-state index in [1.54, 1.807) is 0 Å². The Hall–Kier alpha value is -1.45. The average Bonchev–Trinajstić information content (AvgIpc) is 2.27. The van der Waals surface area contributed by atoms with Crippen LogP contribution < -0.4 is 0 Å². The predicted molar refractivity (Wildman–Crippen MR) is 43.3 cm³/mol. The van der Waals surface area contributed by atoms with Crippen LogP contribution >= 0.6 is 0 Å². The van der Waals surface area contributed by atoms with Crippen LogP contribution in [-0.2, 0) is 14.4 Å². The molecule has 1 aliphatic heterocycles. The number of amides is 3. The molecule has 0 radical (unpaired) electrons.